The van der Waals surface area contributed by atoms with E-state index in [-0.39, 0.29) is 0 Å². The first kappa shape index (κ1) is 15.1. The minimum Gasteiger partial charge on any atom is -0.372 e. The van der Waals surface area contributed by atoms with Crippen molar-refractivity contribution in [1.29, 1.82) is 0 Å². The molecule has 7 heteroatoms. The summed E-state index contributed by atoms with van der Waals surface area (Å²) >= 11 is 5.12. The van der Waals surface area contributed by atoms with Gasteiger partial charge in [-0.15, -0.1) is 11.8 Å². The normalized spacial score (nSPS) is 10.3. The molecule has 20 heavy (non-hydrogen) atoms. The van der Waals surface area contributed by atoms with Gasteiger partial charge in [0, 0.05) is 26.0 Å². The molecule has 0 aliphatic heterocycles. The molecule has 0 saturated carbocycles. The van der Waals surface area contributed by atoms with Crippen molar-refractivity contribution in [2.24, 2.45) is 0 Å². The molecule has 5 nitrogen and oxygen atoms in total. The van der Waals surface area contributed by atoms with E-state index in [4.69, 9.17) is 0 Å². The van der Waals surface area contributed by atoms with Gasteiger partial charge < -0.3 is 10.6 Å². The lowest BCUT2D eigenvalue weighted by atomic mass is 10.3. The third-order valence-electron chi connectivity index (χ3n) is 2.52. The van der Waals surface area contributed by atoms with Crippen LogP contribution in [0.1, 0.15) is 12.5 Å². The molecule has 0 amide bonds. The summed E-state index contributed by atoms with van der Waals surface area (Å²) in [5.74, 6) is 2.38. The zero-order chi connectivity index (χ0) is 14.4. The van der Waals surface area contributed by atoms with Gasteiger partial charge in [0.15, 0.2) is 0 Å². The molecule has 0 aromatic carbocycles. The van der Waals surface area contributed by atoms with Crippen molar-refractivity contribution in [3.8, 4) is 0 Å². The Bertz CT molecular complexity index is 578. The molecule has 2 aromatic rings. The topological polar surface area (TPSA) is 62.7 Å². The molecular weight excluding hydrogens is 338 g/mol. The summed E-state index contributed by atoms with van der Waals surface area (Å²) in [6.45, 7) is 2.79. The molecule has 0 fully saturated rings. The second-order valence-corrected chi connectivity index (χ2v) is 6.07. The molecule has 0 saturated heterocycles. The van der Waals surface area contributed by atoms with Gasteiger partial charge in [0.25, 0.3) is 0 Å². The Hall–Kier alpha value is -1.34. The van der Waals surface area contributed by atoms with Gasteiger partial charge in [-0.05, 0) is 39.4 Å². The molecule has 0 radical (unpaired) electrons. The Morgan fingerprint density at radius 1 is 1.35 bits per heavy atom. The second kappa shape index (κ2) is 7.44. The molecule has 0 bridgehead atoms. The standard InChI is InChI=1S/C13H16BrN5S/c1-3-20-11-6-9(4-5-16-11)7-17-13-18-8-10(14)12(15-2)19-13/h4-6,8H,3,7H2,1-2H3,(H2,15,17,18,19). The number of pyridine rings is 1. The van der Waals surface area contributed by atoms with E-state index in [9.17, 15) is 0 Å². The maximum atomic E-state index is 4.36. The quantitative estimate of drug-likeness (QED) is 0.776. The van der Waals surface area contributed by atoms with Crippen LogP contribution >= 0.6 is 27.7 Å². The van der Waals surface area contributed by atoms with Crippen LogP contribution in [0.3, 0.4) is 0 Å². The van der Waals surface area contributed by atoms with E-state index in [0.29, 0.717) is 12.5 Å². The van der Waals surface area contributed by atoms with E-state index in [1.165, 1.54) is 0 Å². The summed E-state index contributed by atoms with van der Waals surface area (Å²) < 4.78 is 0.844. The number of thioether (sulfide) groups is 1. The highest BCUT2D eigenvalue weighted by atomic mass is 79.9. The molecule has 2 N–H and O–H groups in total. The van der Waals surface area contributed by atoms with Gasteiger partial charge in [0.2, 0.25) is 5.95 Å². The van der Waals surface area contributed by atoms with E-state index in [0.717, 1.165) is 26.6 Å². The molecule has 0 unspecified atom stereocenters. The van der Waals surface area contributed by atoms with Crippen LogP contribution in [0, 0.1) is 0 Å². The van der Waals surface area contributed by atoms with Crippen molar-refractivity contribution in [3.63, 3.8) is 0 Å². The lowest BCUT2D eigenvalue weighted by Crippen LogP contribution is -2.05. The third-order valence-corrected chi connectivity index (χ3v) is 3.91. The van der Waals surface area contributed by atoms with Crippen LogP contribution in [-0.4, -0.2) is 27.8 Å². The number of halogens is 1. The number of nitrogens with one attached hydrogen (secondary N) is 2. The molecule has 0 aliphatic carbocycles. The highest BCUT2D eigenvalue weighted by Crippen LogP contribution is 2.20. The average Bonchev–Trinajstić information content (AvgIpc) is 2.47. The summed E-state index contributed by atoms with van der Waals surface area (Å²) in [6.07, 6.45) is 3.56. The maximum Gasteiger partial charge on any atom is 0.224 e. The van der Waals surface area contributed by atoms with Crippen LogP contribution in [0.15, 0.2) is 34.0 Å². The fourth-order valence-corrected chi connectivity index (χ4v) is 2.65. The van der Waals surface area contributed by atoms with Crippen LogP contribution in [0.5, 0.6) is 0 Å². The van der Waals surface area contributed by atoms with Crippen LogP contribution in [-0.2, 0) is 6.54 Å². The zero-order valence-corrected chi connectivity index (χ0v) is 13.8. The first-order valence-electron chi connectivity index (χ1n) is 6.24. The first-order valence-corrected chi connectivity index (χ1v) is 8.02. The van der Waals surface area contributed by atoms with Gasteiger partial charge in [-0.1, -0.05) is 6.92 Å². The highest BCUT2D eigenvalue weighted by Gasteiger charge is 2.03. The summed E-state index contributed by atoms with van der Waals surface area (Å²) in [7, 11) is 1.83. The molecule has 0 atom stereocenters. The SMILES string of the molecule is CCSc1cc(CNc2ncc(Br)c(NC)n2)ccn1. The maximum absolute atomic E-state index is 4.36. The third kappa shape index (κ3) is 4.08. The minimum absolute atomic E-state index is 0.596. The predicted octanol–water partition coefficient (Wildman–Crippen LogP) is 3.40. The number of rotatable bonds is 6. The molecule has 2 rings (SSSR count). The number of anilines is 2. The van der Waals surface area contributed by atoms with E-state index in [1.54, 1.807) is 18.0 Å². The van der Waals surface area contributed by atoms with E-state index in [1.807, 2.05) is 19.3 Å². The fourth-order valence-electron chi connectivity index (χ4n) is 1.60. The Labute approximate surface area is 131 Å². The van der Waals surface area contributed by atoms with Gasteiger partial charge in [-0.3, -0.25) is 0 Å². The van der Waals surface area contributed by atoms with E-state index in [2.05, 4.69) is 54.5 Å². The van der Waals surface area contributed by atoms with Crippen molar-refractivity contribution in [1.82, 2.24) is 15.0 Å². The Kier molecular flexibility index (Phi) is 5.60. The molecule has 0 spiro atoms. The zero-order valence-electron chi connectivity index (χ0n) is 11.4. The van der Waals surface area contributed by atoms with Gasteiger partial charge >= 0.3 is 0 Å². The predicted molar refractivity (Wildman–Crippen MR) is 87.2 cm³/mol. The van der Waals surface area contributed by atoms with Crippen molar-refractivity contribution < 1.29 is 0 Å². The largest absolute Gasteiger partial charge is 0.372 e. The first-order chi connectivity index (χ1) is 9.72. The molecule has 106 valence electrons. The summed E-state index contributed by atoms with van der Waals surface area (Å²) in [6, 6.07) is 4.07. The smallest absolute Gasteiger partial charge is 0.224 e. The van der Waals surface area contributed by atoms with Crippen molar-refractivity contribution in [3.05, 3.63) is 34.6 Å². The van der Waals surface area contributed by atoms with Crippen molar-refractivity contribution in [2.75, 3.05) is 23.4 Å². The van der Waals surface area contributed by atoms with Crippen molar-refractivity contribution >= 4 is 39.5 Å². The highest BCUT2D eigenvalue weighted by molar-refractivity contribution is 9.10. The summed E-state index contributed by atoms with van der Waals surface area (Å²) in [4.78, 5) is 12.9. The van der Waals surface area contributed by atoms with Gasteiger partial charge in [-0.2, -0.15) is 4.98 Å². The summed E-state index contributed by atoms with van der Waals surface area (Å²) in [5, 5.41) is 7.26. The van der Waals surface area contributed by atoms with Gasteiger partial charge in [0.05, 0.1) is 9.50 Å². The number of hydrogen-bond donors (Lipinski definition) is 2. The van der Waals surface area contributed by atoms with E-state index < -0.39 is 0 Å². The molecule has 2 heterocycles. The van der Waals surface area contributed by atoms with Crippen LogP contribution < -0.4 is 10.6 Å². The number of nitrogens with zero attached hydrogens (tertiary/aromatic N) is 3. The van der Waals surface area contributed by atoms with Crippen LogP contribution in [0.4, 0.5) is 11.8 Å². The minimum atomic E-state index is 0.596. The molecular formula is C13H16BrN5S. The lowest BCUT2D eigenvalue weighted by molar-refractivity contribution is 1.02. The van der Waals surface area contributed by atoms with Crippen LogP contribution in [0.2, 0.25) is 0 Å². The Morgan fingerprint density at radius 3 is 2.95 bits per heavy atom. The number of hydrogen-bond acceptors (Lipinski definition) is 6. The van der Waals surface area contributed by atoms with E-state index >= 15 is 0 Å². The fraction of sp³-hybridized carbons (Fsp3) is 0.308. The van der Waals surface area contributed by atoms with Crippen LogP contribution in [0.25, 0.3) is 0 Å². The van der Waals surface area contributed by atoms with Crippen molar-refractivity contribution in [2.45, 2.75) is 18.5 Å². The lowest BCUT2D eigenvalue weighted by Gasteiger charge is -2.08. The van der Waals surface area contributed by atoms with Gasteiger partial charge in [0.1, 0.15) is 5.82 Å². The van der Waals surface area contributed by atoms with Gasteiger partial charge in [-0.25, -0.2) is 9.97 Å². The molecule has 0 aliphatic rings. The molecule has 2 aromatic heterocycles. The number of aromatic nitrogens is 3. The average molecular weight is 354 g/mol. The Balaban J connectivity index is 2.03. The Morgan fingerprint density at radius 2 is 2.20 bits per heavy atom. The summed E-state index contributed by atoms with van der Waals surface area (Å²) in [5.41, 5.74) is 1.16. The monoisotopic (exact) mass is 353 g/mol. The second-order valence-electron chi connectivity index (χ2n) is 3.93.